The van der Waals surface area contributed by atoms with E-state index in [1.807, 2.05) is 37.3 Å². The van der Waals surface area contributed by atoms with E-state index in [0.717, 1.165) is 5.56 Å². The molecule has 23 heavy (non-hydrogen) atoms. The van der Waals surface area contributed by atoms with Gasteiger partial charge in [0.15, 0.2) is 5.78 Å². The lowest BCUT2D eigenvalue weighted by atomic mass is 9.98. The summed E-state index contributed by atoms with van der Waals surface area (Å²) >= 11 is 0. The van der Waals surface area contributed by atoms with Crippen LogP contribution in [0.4, 0.5) is 0 Å². The van der Waals surface area contributed by atoms with Gasteiger partial charge in [0.25, 0.3) is 0 Å². The molecule has 2 aromatic rings. The van der Waals surface area contributed by atoms with Gasteiger partial charge in [-0.1, -0.05) is 37.3 Å². The monoisotopic (exact) mass is 332 g/mol. The molecule has 2 rings (SSSR count). The maximum Gasteiger partial charge on any atom is 0.359 e. The summed E-state index contributed by atoms with van der Waals surface area (Å²) in [6, 6.07) is 14.0. The average molecular weight is 332 g/mol. The molecule has 0 fully saturated rings. The van der Waals surface area contributed by atoms with E-state index in [1.54, 1.807) is 19.1 Å². The van der Waals surface area contributed by atoms with E-state index in [2.05, 4.69) is 0 Å². The quantitative estimate of drug-likeness (QED) is 0.636. The van der Waals surface area contributed by atoms with Crippen molar-refractivity contribution in [3.63, 3.8) is 0 Å². The molecule has 0 radical (unpaired) electrons. The molecule has 0 saturated heterocycles. The van der Waals surface area contributed by atoms with E-state index in [9.17, 15) is 14.3 Å². The maximum absolute atomic E-state index is 12.5. The Labute approximate surface area is 136 Å². The molecule has 0 saturated carbocycles. The number of carbonyl (C=O) groups is 1. The molecule has 4 nitrogen and oxygen atoms in total. The highest BCUT2D eigenvalue weighted by Gasteiger charge is 2.26. The maximum atomic E-state index is 12.5. The first kappa shape index (κ1) is 17.6. The predicted octanol–water partition coefficient (Wildman–Crippen LogP) is 4.18. The van der Waals surface area contributed by atoms with E-state index < -0.39 is 7.60 Å². The third-order valence-electron chi connectivity index (χ3n) is 3.69. The van der Waals surface area contributed by atoms with Crippen LogP contribution in [0.2, 0.25) is 0 Å². The van der Waals surface area contributed by atoms with E-state index >= 15 is 0 Å². The third-order valence-corrected chi connectivity index (χ3v) is 5.27. The molecule has 0 amide bonds. The van der Waals surface area contributed by atoms with E-state index in [4.69, 9.17) is 4.52 Å². The van der Waals surface area contributed by atoms with Crippen LogP contribution in [-0.2, 0) is 9.09 Å². The second kappa shape index (κ2) is 7.22. The minimum atomic E-state index is -3.93. The number of ketones is 1. The largest absolute Gasteiger partial charge is 0.359 e. The van der Waals surface area contributed by atoms with Gasteiger partial charge in [0.1, 0.15) is 0 Å². The SMILES string of the molecule is CCC(C)OP(=O)(O)c1ccc(C(C)=O)c(-c2ccccc2)c1. The van der Waals surface area contributed by atoms with Gasteiger partial charge in [-0.15, -0.1) is 0 Å². The van der Waals surface area contributed by atoms with Gasteiger partial charge in [0.05, 0.1) is 11.4 Å². The Bertz CT molecular complexity index is 740. The smallest absolute Gasteiger partial charge is 0.321 e. The van der Waals surface area contributed by atoms with Gasteiger partial charge < -0.3 is 9.42 Å². The van der Waals surface area contributed by atoms with Gasteiger partial charge in [0, 0.05) is 5.56 Å². The Balaban J connectivity index is 2.53. The lowest BCUT2D eigenvalue weighted by molar-refractivity contribution is 0.101. The van der Waals surface area contributed by atoms with E-state index in [1.165, 1.54) is 13.0 Å². The van der Waals surface area contributed by atoms with Crippen LogP contribution in [-0.4, -0.2) is 16.8 Å². The summed E-state index contributed by atoms with van der Waals surface area (Å²) in [4.78, 5) is 22.1. The summed E-state index contributed by atoms with van der Waals surface area (Å²) in [5.41, 5.74) is 1.98. The van der Waals surface area contributed by atoms with Gasteiger partial charge in [-0.25, -0.2) is 0 Å². The summed E-state index contributed by atoms with van der Waals surface area (Å²) in [7, 11) is -3.93. The molecule has 1 N–H and O–H groups in total. The van der Waals surface area contributed by atoms with Gasteiger partial charge in [-0.05, 0) is 49.6 Å². The predicted molar refractivity (Wildman–Crippen MR) is 92.2 cm³/mol. The van der Waals surface area contributed by atoms with Crippen LogP contribution >= 0.6 is 7.60 Å². The zero-order valence-electron chi connectivity index (χ0n) is 13.5. The number of benzene rings is 2. The van der Waals surface area contributed by atoms with Crippen molar-refractivity contribution in [2.24, 2.45) is 0 Å². The molecule has 2 atom stereocenters. The van der Waals surface area contributed by atoms with Crippen molar-refractivity contribution < 1.29 is 18.8 Å². The molecule has 0 spiro atoms. The van der Waals surface area contributed by atoms with Crippen molar-refractivity contribution in [2.75, 3.05) is 0 Å². The van der Waals surface area contributed by atoms with Gasteiger partial charge in [0.2, 0.25) is 0 Å². The van der Waals surface area contributed by atoms with Crippen LogP contribution in [0, 0.1) is 0 Å². The summed E-state index contributed by atoms with van der Waals surface area (Å²) in [5, 5.41) is 0.196. The minimum Gasteiger partial charge on any atom is -0.321 e. The topological polar surface area (TPSA) is 63.6 Å². The molecule has 0 aliphatic heterocycles. The summed E-state index contributed by atoms with van der Waals surface area (Å²) in [6.45, 7) is 5.12. The first-order valence-electron chi connectivity index (χ1n) is 7.57. The van der Waals surface area contributed by atoms with Gasteiger partial charge in [-0.3, -0.25) is 9.36 Å². The average Bonchev–Trinajstić information content (AvgIpc) is 2.54. The zero-order chi connectivity index (χ0) is 17.0. The van der Waals surface area contributed by atoms with Crippen LogP contribution < -0.4 is 5.30 Å². The number of carbonyl (C=O) groups excluding carboxylic acids is 1. The molecular weight excluding hydrogens is 311 g/mol. The molecule has 122 valence electrons. The summed E-state index contributed by atoms with van der Waals surface area (Å²) in [5.74, 6) is -0.0916. The molecule has 5 heteroatoms. The first-order valence-corrected chi connectivity index (χ1v) is 9.15. The number of Topliss-reactive ketones (excluding diaryl/α,β-unsaturated/α-hetero) is 1. The highest BCUT2D eigenvalue weighted by Crippen LogP contribution is 2.43. The summed E-state index contributed by atoms with van der Waals surface area (Å²) in [6.07, 6.45) is 0.320. The molecule has 2 aromatic carbocycles. The minimum absolute atomic E-state index is 0.0916. The van der Waals surface area contributed by atoms with Crippen molar-refractivity contribution in [2.45, 2.75) is 33.3 Å². The van der Waals surface area contributed by atoms with Crippen LogP contribution in [0.5, 0.6) is 0 Å². The zero-order valence-corrected chi connectivity index (χ0v) is 14.4. The molecule has 0 aliphatic rings. The van der Waals surface area contributed by atoms with Gasteiger partial charge in [-0.2, -0.15) is 0 Å². The Morgan fingerprint density at radius 2 is 1.87 bits per heavy atom. The summed E-state index contributed by atoms with van der Waals surface area (Å²) < 4.78 is 17.8. The Hall–Kier alpha value is -1.74. The Morgan fingerprint density at radius 1 is 1.22 bits per heavy atom. The van der Waals surface area contributed by atoms with Crippen molar-refractivity contribution in [1.29, 1.82) is 0 Å². The van der Waals surface area contributed by atoms with E-state index in [-0.39, 0.29) is 17.2 Å². The van der Waals surface area contributed by atoms with Crippen molar-refractivity contribution in [3.8, 4) is 11.1 Å². The first-order chi connectivity index (χ1) is 10.8. The fourth-order valence-electron chi connectivity index (χ4n) is 2.25. The van der Waals surface area contributed by atoms with Crippen molar-refractivity contribution in [1.82, 2.24) is 0 Å². The molecule has 0 aliphatic carbocycles. The molecule has 2 unspecified atom stereocenters. The standard InChI is InChI=1S/C18H21O4P/c1-4-13(2)22-23(20,21)16-10-11-17(14(3)19)18(12-16)15-8-6-5-7-9-15/h5-13H,4H2,1-3H3,(H,20,21). The van der Waals surface area contributed by atoms with Crippen LogP contribution in [0.1, 0.15) is 37.6 Å². The Morgan fingerprint density at radius 3 is 2.43 bits per heavy atom. The highest BCUT2D eigenvalue weighted by molar-refractivity contribution is 7.61. The number of rotatable bonds is 6. The Kier molecular flexibility index (Phi) is 5.53. The molecule has 0 aromatic heterocycles. The molecule has 0 heterocycles. The molecular formula is C18H21O4P. The van der Waals surface area contributed by atoms with Crippen LogP contribution in [0.3, 0.4) is 0 Å². The fourth-order valence-corrected chi connectivity index (χ4v) is 3.56. The van der Waals surface area contributed by atoms with Crippen molar-refractivity contribution >= 4 is 18.7 Å². The van der Waals surface area contributed by atoms with E-state index in [0.29, 0.717) is 17.5 Å². The second-order valence-corrected chi connectivity index (χ2v) is 7.26. The molecule has 0 bridgehead atoms. The highest BCUT2D eigenvalue weighted by atomic mass is 31.2. The second-order valence-electron chi connectivity index (χ2n) is 5.50. The van der Waals surface area contributed by atoms with Crippen molar-refractivity contribution in [3.05, 3.63) is 54.1 Å². The lowest BCUT2D eigenvalue weighted by Gasteiger charge is -2.18. The third kappa shape index (κ3) is 4.17. The van der Waals surface area contributed by atoms with Gasteiger partial charge >= 0.3 is 7.60 Å². The number of hydrogen-bond acceptors (Lipinski definition) is 3. The lowest BCUT2D eigenvalue weighted by Crippen LogP contribution is -2.14. The number of hydrogen-bond donors (Lipinski definition) is 1. The normalized spacial score (nSPS) is 15.0. The van der Waals surface area contributed by atoms with Crippen LogP contribution in [0.25, 0.3) is 11.1 Å². The fraction of sp³-hybridized carbons (Fsp3) is 0.278. The van der Waals surface area contributed by atoms with Crippen LogP contribution in [0.15, 0.2) is 48.5 Å².